The minimum Gasteiger partial charge on any atom is -0.491 e. The first-order chi connectivity index (χ1) is 14.6. The molecule has 0 radical (unpaired) electrons. The van der Waals surface area contributed by atoms with Gasteiger partial charge in [-0.25, -0.2) is 4.79 Å². The summed E-state index contributed by atoms with van der Waals surface area (Å²) in [6.45, 7) is 8.23. The fraction of sp³-hybridized carbons (Fsp3) is 0.478. The lowest BCUT2D eigenvalue weighted by Gasteiger charge is -2.44. The predicted octanol–water partition coefficient (Wildman–Crippen LogP) is 3.85. The molecule has 1 aromatic carbocycles. The number of carboxylic acids is 1. The molecule has 5 rings (SSSR count). The lowest BCUT2D eigenvalue weighted by atomic mass is 9.90. The zero-order valence-corrected chi connectivity index (χ0v) is 18.5. The summed E-state index contributed by atoms with van der Waals surface area (Å²) in [5.74, 6) is -0.606. The van der Waals surface area contributed by atoms with Crippen LogP contribution >= 0.6 is 11.6 Å². The van der Waals surface area contributed by atoms with Gasteiger partial charge in [-0.15, -0.1) is 0 Å². The number of hydrogen-bond acceptors (Lipinski definition) is 5. The Hall–Kier alpha value is -2.51. The molecule has 1 unspecified atom stereocenters. The number of rotatable bonds is 4. The fourth-order valence-electron chi connectivity index (χ4n) is 4.90. The van der Waals surface area contributed by atoms with Crippen molar-refractivity contribution in [1.82, 2.24) is 4.68 Å². The molecule has 2 fully saturated rings. The minimum atomic E-state index is -1.23. The highest BCUT2D eigenvalue weighted by Crippen LogP contribution is 2.50. The molecule has 0 saturated carbocycles. The maximum absolute atomic E-state index is 12.5. The number of ether oxygens (including phenoxy) is 2. The zero-order valence-electron chi connectivity index (χ0n) is 17.8. The van der Waals surface area contributed by atoms with E-state index in [1.807, 2.05) is 16.8 Å². The SMILES string of the molecule is CC1(COc2cc3c(cc2Cl)-c2cc(=O)c(C(=O)O)cn2N2C3CCC2(C)C)COC1. The summed E-state index contributed by atoms with van der Waals surface area (Å²) in [5, 5.41) is 12.1. The number of nitrogens with zero attached hydrogens (tertiary/aromatic N) is 2. The first-order valence-electron chi connectivity index (χ1n) is 10.4. The number of hydrogen-bond donors (Lipinski definition) is 1. The van der Waals surface area contributed by atoms with Crippen molar-refractivity contribution >= 4 is 17.6 Å². The van der Waals surface area contributed by atoms with Crippen molar-refractivity contribution in [3.8, 4) is 17.0 Å². The standard InChI is InChI=1S/C23H25ClN2O5/c1-22(2)5-4-17-14-7-20(31-12-23(3)10-30-11-23)16(24)6-13(14)18-8-19(27)15(21(28)29)9-25(18)26(17)22/h6-9,17H,4-5,10-12H2,1-3H3,(H,28,29). The van der Waals surface area contributed by atoms with E-state index in [1.165, 1.54) is 12.3 Å². The molecule has 7 nitrogen and oxygen atoms in total. The van der Waals surface area contributed by atoms with Crippen molar-refractivity contribution in [3.63, 3.8) is 0 Å². The summed E-state index contributed by atoms with van der Waals surface area (Å²) in [5.41, 5.74) is 1.55. The quantitative estimate of drug-likeness (QED) is 0.771. The third kappa shape index (κ3) is 3.13. The third-order valence-electron chi connectivity index (χ3n) is 6.66. The molecule has 1 atom stereocenters. The normalized spacial score (nSPS) is 22.2. The lowest BCUT2D eigenvalue weighted by molar-refractivity contribution is -0.120. The van der Waals surface area contributed by atoms with Gasteiger partial charge in [0, 0.05) is 23.2 Å². The Labute approximate surface area is 185 Å². The van der Waals surface area contributed by atoms with Gasteiger partial charge >= 0.3 is 5.97 Å². The predicted molar refractivity (Wildman–Crippen MR) is 117 cm³/mol. The molecule has 2 aromatic rings. The van der Waals surface area contributed by atoms with E-state index in [4.69, 9.17) is 21.1 Å². The number of carbonyl (C=O) groups is 1. The fourth-order valence-corrected chi connectivity index (χ4v) is 5.12. The highest BCUT2D eigenvalue weighted by molar-refractivity contribution is 6.32. The van der Waals surface area contributed by atoms with Crippen LogP contribution in [-0.4, -0.2) is 41.1 Å². The van der Waals surface area contributed by atoms with Gasteiger partial charge in [0.25, 0.3) is 0 Å². The summed E-state index contributed by atoms with van der Waals surface area (Å²) in [6.07, 6.45) is 3.28. The van der Waals surface area contributed by atoms with Gasteiger partial charge in [-0.05, 0) is 44.4 Å². The van der Waals surface area contributed by atoms with Crippen molar-refractivity contribution in [1.29, 1.82) is 0 Å². The van der Waals surface area contributed by atoms with E-state index in [1.54, 1.807) is 0 Å². The van der Waals surface area contributed by atoms with Gasteiger partial charge in [-0.2, -0.15) is 0 Å². The molecule has 8 heteroatoms. The van der Waals surface area contributed by atoms with Crippen LogP contribution in [0.15, 0.2) is 29.2 Å². The van der Waals surface area contributed by atoms with Crippen LogP contribution in [0.3, 0.4) is 0 Å². The van der Waals surface area contributed by atoms with Gasteiger partial charge in [0.2, 0.25) is 0 Å². The molecular formula is C23H25ClN2O5. The van der Waals surface area contributed by atoms with Crippen LogP contribution in [0.4, 0.5) is 0 Å². The van der Waals surface area contributed by atoms with Gasteiger partial charge in [0.1, 0.15) is 11.3 Å². The molecule has 0 spiro atoms. The Bertz CT molecular complexity index is 1150. The maximum atomic E-state index is 12.5. The van der Waals surface area contributed by atoms with E-state index >= 15 is 0 Å². The van der Waals surface area contributed by atoms with Gasteiger partial charge in [-0.1, -0.05) is 18.5 Å². The van der Waals surface area contributed by atoms with Crippen LogP contribution in [0.5, 0.6) is 5.75 Å². The Balaban J connectivity index is 1.65. The molecule has 4 heterocycles. The molecule has 164 valence electrons. The molecule has 0 aliphatic carbocycles. The number of fused-ring (bicyclic) bond motifs is 6. The number of benzene rings is 1. The Morgan fingerprint density at radius 2 is 2.03 bits per heavy atom. The van der Waals surface area contributed by atoms with E-state index in [2.05, 4.69) is 25.8 Å². The summed E-state index contributed by atoms with van der Waals surface area (Å²) >= 11 is 6.59. The van der Waals surface area contributed by atoms with E-state index in [0.29, 0.717) is 36.3 Å². The third-order valence-corrected chi connectivity index (χ3v) is 6.95. The highest BCUT2D eigenvalue weighted by atomic mass is 35.5. The molecule has 1 N–H and O–H groups in total. The first kappa shape index (κ1) is 20.4. The summed E-state index contributed by atoms with van der Waals surface area (Å²) in [6, 6.07) is 5.25. The number of aromatic carboxylic acids is 1. The van der Waals surface area contributed by atoms with Crippen LogP contribution < -0.4 is 15.2 Å². The van der Waals surface area contributed by atoms with Crippen molar-refractivity contribution in [2.24, 2.45) is 5.41 Å². The maximum Gasteiger partial charge on any atom is 0.341 e. The average Bonchev–Trinajstić information content (AvgIpc) is 3.00. The molecule has 2 saturated heterocycles. The molecule has 0 bridgehead atoms. The van der Waals surface area contributed by atoms with Crippen molar-refractivity contribution in [2.75, 3.05) is 24.8 Å². The zero-order chi connectivity index (χ0) is 22.1. The summed E-state index contributed by atoms with van der Waals surface area (Å²) in [7, 11) is 0. The van der Waals surface area contributed by atoms with E-state index < -0.39 is 11.4 Å². The molecule has 0 amide bonds. The number of pyridine rings is 1. The molecular weight excluding hydrogens is 420 g/mol. The highest BCUT2D eigenvalue weighted by Gasteiger charge is 2.45. The van der Waals surface area contributed by atoms with E-state index in [9.17, 15) is 14.7 Å². The van der Waals surface area contributed by atoms with Gasteiger partial charge in [-0.3, -0.25) is 14.5 Å². The van der Waals surface area contributed by atoms with Crippen molar-refractivity contribution in [3.05, 3.63) is 50.8 Å². The Morgan fingerprint density at radius 1 is 1.29 bits per heavy atom. The van der Waals surface area contributed by atoms with Crippen LogP contribution in [0.1, 0.15) is 55.6 Å². The van der Waals surface area contributed by atoms with Gasteiger partial charge in [0.05, 0.1) is 42.1 Å². The van der Waals surface area contributed by atoms with Gasteiger partial charge < -0.3 is 14.6 Å². The second kappa shape index (κ2) is 6.74. The number of aromatic nitrogens is 1. The molecule has 3 aliphatic rings. The van der Waals surface area contributed by atoms with E-state index in [-0.39, 0.29) is 22.6 Å². The van der Waals surface area contributed by atoms with Crippen LogP contribution in [-0.2, 0) is 4.74 Å². The molecule has 3 aliphatic heterocycles. The second-order valence-electron chi connectivity index (χ2n) is 9.76. The monoisotopic (exact) mass is 444 g/mol. The lowest BCUT2D eigenvalue weighted by Crippen LogP contribution is -2.50. The summed E-state index contributed by atoms with van der Waals surface area (Å²) < 4.78 is 13.2. The van der Waals surface area contributed by atoms with Crippen molar-refractivity contribution < 1.29 is 19.4 Å². The van der Waals surface area contributed by atoms with Crippen molar-refractivity contribution in [2.45, 2.75) is 45.2 Å². The van der Waals surface area contributed by atoms with Gasteiger partial charge in [0.15, 0.2) is 5.43 Å². The van der Waals surface area contributed by atoms with Crippen LogP contribution in [0, 0.1) is 5.41 Å². The average molecular weight is 445 g/mol. The van der Waals surface area contributed by atoms with Crippen LogP contribution in [0.2, 0.25) is 5.02 Å². The topological polar surface area (TPSA) is 81.0 Å². The van der Waals surface area contributed by atoms with E-state index in [0.717, 1.165) is 24.0 Å². The smallest absolute Gasteiger partial charge is 0.341 e. The molecule has 1 aromatic heterocycles. The number of carboxylic acid groups (broad SMARTS) is 1. The van der Waals surface area contributed by atoms with Crippen LogP contribution in [0.25, 0.3) is 11.3 Å². The Kier molecular flexibility index (Phi) is 4.44. The second-order valence-corrected chi connectivity index (χ2v) is 10.2. The molecule has 31 heavy (non-hydrogen) atoms. The first-order valence-corrected chi connectivity index (χ1v) is 10.8. The summed E-state index contributed by atoms with van der Waals surface area (Å²) in [4.78, 5) is 24.1. The number of halogens is 1. The largest absolute Gasteiger partial charge is 0.491 e. The Morgan fingerprint density at radius 3 is 2.68 bits per heavy atom. The minimum absolute atomic E-state index is 0.00619.